The molecule has 2 rings (SSSR count). The van der Waals surface area contributed by atoms with E-state index in [1.54, 1.807) is 6.07 Å². The van der Waals surface area contributed by atoms with Crippen LogP contribution >= 0.6 is 12.4 Å². The van der Waals surface area contributed by atoms with Crippen molar-refractivity contribution in [2.75, 3.05) is 18.5 Å². The molecule has 130 valence electrons. The van der Waals surface area contributed by atoms with Gasteiger partial charge in [-0.15, -0.1) is 12.4 Å². The van der Waals surface area contributed by atoms with Gasteiger partial charge >= 0.3 is 0 Å². The molecule has 1 aliphatic heterocycles. The number of hydrogen-bond acceptors (Lipinski definition) is 4. The molecular weight excluding hydrogens is 323 g/mol. The van der Waals surface area contributed by atoms with E-state index in [0.717, 1.165) is 12.8 Å². The molecule has 1 aromatic rings. The fourth-order valence-electron chi connectivity index (χ4n) is 2.45. The van der Waals surface area contributed by atoms with E-state index in [4.69, 9.17) is 15.2 Å². The fourth-order valence-corrected chi connectivity index (χ4v) is 2.45. The van der Waals surface area contributed by atoms with Gasteiger partial charge in [0.15, 0.2) is 0 Å². The largest absolute Gasteiger partial charge is 0.491 e. The highest BCUT2D eigenvalue weighted by Crippen LogP contribution is 2.23. The van der Waals surface area contributed by atoms with Crippen LogP contribution in [0.3, 0.4) is 0 Å². The van der Waals surface area contributed by atoms with E-state index >= 15 is 0 Å². The lowest BCUT2D eigenvalue weighted by Gasteiger charge is -2.26. The van der Waals surface area contributed by atoms with Gasteiger partial charge in [0.25, 0.3) is 0 Å². The van der Waals surface area contributed by atoms with Crippen LogP contribution in [0.4, 0.5) is 10.1 Å². The van der Waals surface area contributed by atoms with E-state index in [1.165, 1.54) is 12.1 Å². The Bertz CT molecular complexity index is 522. The van der Waals surface area contributed by atoms with E-state index in [1.807, 2.05) is 13.8 Å². The van der Waals surface area contributed by atoms with Crippen molar-refractivity contribution in [3.05, 3.63) is 24.0 Å². The highest BCUT2D eigenvalue weighted by Gasteiger charge is 2.27. The van der Waals surface area contributed by atoms with Gasteiger partial charge in [-0.1, -0.05) is 0 Å². The third-order valence-corrected chi connectivity index (χ3v) is 3.65. The first kappa shape index (κ1) is 19.7. The summed E-state index contributed by atoms with van der Waals surface area (Å²) in [5.41, 5.74) is 6.09. The molecule has 1 amide bonds. The molecule has 0 radical (unpaired) electrons. The van der Waals surface area contributed by atoms with Crippen LogP contribution in [-0.2, 0) is 9.53 Å². The standard InChI is InChI=1S/C16H23FN2O3.ClH/c1-10(2)22-12-3-4-14(13(17)9-12)19-16(20)15(18)11-5-7-21-8-6-11;/h3-4,9-11,15H,5-8,18H2,1-2H3,(H,19,20);1H. The third kappa shape index (κ3) is 5.64. The van der Waals surface area contributed by atoms with Gasteiger partial charge in [0, 0.05) is 19.3 Å². The minimum Gasteiger partial charge on any atom is -0.491 e. The van der Waals surface area contributed by atoms with Crippen LogP contribution in [-0.4, -0.2) is 31.3 Å². The normalized spacial score (nSPS) is 16.6. The summed E-state index contributed by atoms with van der Waals surface area (Å²) < 4.78 is 24.7. The van der Waals surface area contributed by atoms with Gasteiger partial charge in [0.2, 0.25) is 5.91 Å². The lowest BCUT2D eigenvalue weighted by atomic mass is 9.92. The van der Waals surface area contributed by atoms with Crippen LogP contribution < -0.4 is 15.8 Å². The fraction of sp³-hybridized carbons (Fsp3) is 0.562. The molecule has 0 spiro atoms. The number of carbonyl (C=O) groups is 1. The van der Waals surface area contributed by atoms with Crippen molar-refractivity contribution in [1.82, 2.24) is 0 Å². The molecule has 7 heteroatoms. The Kier molecular flexibility index (Phi) is 7.75. The van der Waals surface area contributed by atoms with Crippen molar-refractivity contribution in [3.63, 3.8) is 0 Å². The molecule has 23 heavy (non-hydrogen) atoms. The van der Waals surface area contributed by atoms with Crippen molar-refractivity contribution in [2.24, 2.45) is 11.7 Å². The highest BCUT2D eigenvalue weighted by atomic mass is 35.5. The number of nitrogens with one attached hydrogen (secondary N) is 1. The van der Waals surface area contributed by atoms with Crippen molar-refractivity contribution >= 4 is 24.0 Å². The molecule has 1 unspecified atom stereocenters. The highest BCUT2D eigenvalue weighted by molar-refractivity contribution is 5.95. The smallest absolute Gasteiger partial charge is 0.241 e. The van der Waals surface area contributed by atoms with Crippen molar-refractivity contribution in [2.45, 2.75) is 38.8 Å². The summed E-state index contributed by atoms with van der Waals surface area (Å²) in [6.45, 7) is 4.95. The number of benzene rings is 1. The van der Waals surface area contributed by atoms with Crippen LogP contribution in [0.5, 0.6) is 5.75 Å². The molecule has 1 saturated heterocycles. The minimum atomic E-state index is -0.658. The van der Waals surface area contributed by atoms with Gasteiger partial charge in [-0.2, -0.15) is 0 Å². The maximum atomic E-state index is 14.0. The summed E-state index contributed by atoms with van der Waals surface area (Å²) in [6, 6.07) is 3.71. The van der Waals surface area contributed by atoms with Crippen molar-refractivity contribution in [3.8, 4) is 5.75 Å². The quantitative estimate of drug-likeness (QED) is 0.859. The maximum Gasteiger partial charge on any atom is 0.241 e. The topological polar surface area (TPSA) is 73.6 Å². The molecule has 1 atom stereocenters. The Morgan fingerprint density at radius 2 is 2.04 bits per heavy atom. The lowest BCUT2D eigenvalue weighted by Crippen LogP contribution is -2.44. The predicted molar refractivity (Wildman–Crippen MR) is 89.6 cm³/mol. The molecule has 5 nitrogen and oxygen atoms in total. The molecule has 1 aromatic carbocycles. The summed E-state index contributed by atoms with van der Waals surface area (Å²) in [5, 5.41) is 2.55. The van der Waals surface area contributed by atoms with E-state index in [9.17, 15) is 9.18 Å². The SMILES string of the molecule is CC(C)Oc1ccc(NC(=O)C(N)C2CCOCC2)c(F)c1.Cl. The van der Waals surface area contributed by atoms with Gasteiger partial charge in [-0.25, -0.2) is 4.39 Å². The predicted octanol–water partition coefficient (Wildman–Crippen LogP) is 2.73. The number of halogens is 2. The number of nitrogens with two attached hydrogens (primary N) is 1. The summed E-state index contributed by atoms with van der Waals surface area (Å²) in [6.07, 6.45) is 1.46. The monoisotopic (exact) mass is 346 g/mol. The zero-order chi connectivity index (χ0) is 16.1. The number of anilines is 1. The maximum absolute atomic E-state index is 14.0. The summed E-state index contributed by atoms with van der Waals surface area (Å²) >= 11 is 0. The number of ether oxygens (including phenoxy) is 2. The van der Waals surface area contributed by atoms with Crippen molar-refractivity contribution in [1.29, 1.82) is 0 Å². The molecular formula is C16H24ClFN2O3. The number of amides is 1. The van der Waals surface area contributed by atoms with Crippen molar-refractivity contribution < 1.29 is 18.7 Å². The Morgan fingerprint density at radius 1 is 1.39 bits per heavy atom. The Labute approximate surface area is 142 Å². The van der Waals surface area contributed by atoms with E-state index in [0.29, 0.717) is 19.0 Å². The van der Waals surface area contributed by atoms with E-state index in [-0.39, 0.29) is 36.0 Å². The zero-order valence-corrected chi connectivity index (χ0v) is 14.2. The Hall–Kier alpha value is -1.37. The average Bonchev–Trinajstić information content (AvgIpc) is 2.49. The minimum absolute atomic E-state index is 0. The zero-order valence-electron chi connectivity index (χ0n) is 13.4. The molecule has 1 heterocycles. The van der Waals surface area contributed by atoms with Gasteiger partial charge in [-0.3, -0.25) is 4.79 Å². The van der Waals surface area contributed by atoms with Gasteiger partial charge < -0.3 is 20.5 Å². The molecule has 0 aromatic heterocycles. The molecule has 0 aliphatic carbocycles. The number of carbonyl (C=O) groups excluding carboxylic acids is 1. The second-order valence-electron chi connectivity index (χ2n) is 5.77. The lowest BCUT2D eigenvalue weighted by molar-refractivity contribution is -0.119. The van der Waals surface area contributed by atoms with Gasteiger partial charge in [0.1, 0.15) is 11.6 Å². The summed E-state index contributed by atoms with van der Waals surface area (Å²) in [5.74, 6) is -0.409. The Morgan fingerprint density at radius 3 is 2.61 bits per heavy atom. The Balaban J connectivity index is 0.00000264. The second-order valence-corrected chi connectivity index (χ2v) is 5.77. The molecule has 1 aliphatic rings. The first-order valence-corrected chi connectivity index (χ1v) is 7.57. The molecule has 3 N–H and O–H groups in total. The van der Waals surface area contributed by atoms with Crippen LogP contribution in [0.1, 0.15) is 26.7 Å². The molecule has 0 saturated carbocycles. The van der Waals surface area contributed by atoms with Crippen LogP contribution in [0, 0.1) is 11.7 Å². The van der Waals surface area contributed by atoms with Gasteiger partial charge in [0.05, 0.1) is 17.8 Å². The van der Waals surface area contributed by atoms with Crippen LogP contribution in [0.2, 0.25) is 0 Å². The first-order chi connectivity index (χ1) is 10.5. The third-order valence-electron chi connectivity index (χ3n) is 3.65. The molecule has 1 fully saturated rings. The second kappa shape index (κ2) is 9.05. The molecule has 0 bridgehead atoms. The van der Waals surface area contributed by atoms with Crippen LogP contribution in [0.15, 0.2) is 18.2 Å². The van der Waals surface area contributed by atoms with E-state index in [2.05, 4.69) is 5.32 Å². The number of hydrogen-bond donors (Lipinski definition) is 2. The average molecular weight is 347 g/mol. The summed E-state index contributed by atoms with van der Waals surface area (Å²) in [7, 11) is 0. The van der Waals surface area contributed by atoms with Crippen LogP contribution in [0.25, 0.3) is 0 Å². The van der Waals surface area contributed by atoms with Gasteiger partial charge in [-0.05, 0) is 44.7 Å². The number of rotatable bonds is 5. The first-order valence-electron chi connectivity index (χ1n) is 7.57. The summed E-state index contributed by atoms with van der Waals surface area (Å²) in [4.78, 5) is 12.2. The van der Waals surface area contributed by atoms with E-state index < -0.39 is 11.9 Å².